The Hall–Kier alpha value is -0.0200. The standard InChI is InChI=1S/C11H18FNS/c12-10-4-6-13(8-10)11-3-1-2-9(11)5-7-14/h5,10-11,14H,1-4,6-8H2/b9-5+. The van der Waals surface area contributed by atoms with E-state index in [0.717, 1.165) is 18.7 Å². The van der Waals surface area contributed by atoms with Gasteiger partial charge in [-0.1, -0.05) is 11.6 Å². The van der Waals surface area contributed by atoms with E-state index in [2.05, 4.69) is 23.6 Å². The summed E-state index contributed by atoms with van der Waals surface area (Å²) in [6, 6.07) is 0.530. The van der Waals surface area contributed by atoms with Gasteiger partial charge in [-0.3, -0.25) is 4.90 Å². The average molecular weight is 215 g/mol. The van der Waals surface area contributed by atoms with Crippen molar-refractivity contribution in [3.05, 3.63) is 11.6 Å². The molecule has 14 heavy (non-hydrogen) atoms. The molecule has 1 aliphatic carbocycles. The van der Waals surface area contributed by atoms with Crippen LogP contribution in [0.4, 0.5) is 4.39 Å². The van der Waals surface area contributed by atoms with Crippen molar-refractivity contribution in [1.82, 2.24) is 4.90 Å². The van der Waals surface area contributed by atoms with Crippen LogP contribution in [0.5, 0.6) is 0 Å². The predicted octanol–water partition coefficient (Wildman–Crippen LogP) is 2.44. The number of hydrogen-bond donors (Lipinski definition) is 1. The topological polar surface area (TPSA) is 3.24 Å². The molecule has 0 bridgehead atoms. The van der Waals surface area contributed by atoms with Crippen molar-refractivity contribution < 1.29 is 4.39 Å². The van der Waals surface area contributed by atoms with E-state index >= 15 is 0 Å². The van der Waals surface area contributed by atoms with Gasteiger partial charge in [0.2, 0.25) is 0 Å². The first-order valence-electron chi connectivity index (χ1n) is 5.49. The lowest BCUT2D eigenvalue weighted by Crippen LogP contribution is -2.32. The second kappa shape index (κ2) is 4.67. The number of likely N-dealkylation sites (tertiary alicyclic amines) is 1. The molecular formula is C11H18FNS. The van der Waals surface area contributed by atoms with E-state index in [-0.39, 0.29) is 0 Å². The maximum absolute atomic E-state index is 13.1. The highest BCUT2D eigenvalue weighted by molar-refractivity contribution is 7.80. The molecule has 0 aromatic heterocycles. The van der Waals surface area contributed by atoms with E-state index in [1.807, 2.05) is 0 Å². The minimum atomic E-state index is -0.590. The first kappa shape index (κ1) is 10.5. The summed E-state index contributed by atoms with van der Waals surface area (Å²) in [5.41, 5.74) is 1.49. The zero-order valence-electron chi connectivity index (χ0n) is 8.45. The van der Waals surface area contributed by atoms with Gasteiger partial charge in [-0.25, -0.2) is 4.39 Å². The van der Waals surface area contributed by atoms with E-state index in [4.69, 9.17) is 0 Å². The van der Waals surface area contributed by atoms with Gasteiger partial charge in [0.1, 0.15) is 6.17 Å². The lowest BCUT2D eigenvalue weighted by Gasteiger charge is -2.24. The second-order valence-corrected chi connectivity index (χ2v) is 4.62. The Bertz CT molecular complexity index is 229. The van der Waals surface area contributed by atoms with E-state index in [0.29, 0.717) is 12.6 Å². The Labute approximate surface area is 90.8 Å². The van der Waals surface area contributed by atoms with E-state index in [9.17, 15) is 4.39 Å². The summed E-state index contributed by atoms with van der Waals surface area (Å²) in [5, 5.41) is 0. The Kier molecular flexibility index (Phi) is 3.50. The smallest absolute Gasteiger partial charge is 0.114 e. The third kappa shape index (κ3) is 2.14. The van der Waals surface area contributed by atoms with Crippen LogP contribution in [0.1, 0.15) is 25.7 Å². The molecule has 2 rings (SSSR count). The minimum Gasteiger partial charge on any atom is -0.294 e. The molecule has 2 atom stereocenters. The molecule has 1 saturated heterocycles. The largest absolute Gasteiger partial charge is 0.294 e. The summed E-state index contributed by atoms with van der Waals surface area (Å²) in [7, 11) is 0. The molecule has 1 nitrogen and oxygen atoms in total. The summed E-state index contributed by atoms with van der Waals surface area (Å²) in [4.78, 5) is 2.31. The van der Waals surface area contributed by atoms with Crippen LogP contribution in [0.15, 0.2) is 11.6 Å². The number of rotatable bonds is 2. The average Bonchev–Trinajstić information content (AvgIpc) is 2.74. The van der Waals surface area contributed by atoms with Gasteiger partial charge in [-0.2, -0.15) is 12.6 Å². The van der Waals surface area contributed by atoms with Crippen LogP contribution in [0, 0.1) is 0 Å². The van der Waals surface area contributed by atoms with Gasteiger partial charge in [0.15, 0.2) is 0 Å². The van der Waals surface area contributed by atoms with Crippen molar-refractivity contribution in [2.24, 2.45) is 0 Å². The van der Waals surface area contributed by atoms with Gasteiger partial charge in [0.05, 0.1) is 0 Å². The molecule has 3 heteroatoms. The molecule has 0 N–H and O–H groups in total. The first-order chi connectivity index (χ1) is 6.81. The number of nitrogens with zero attached hydrogens (tertiary/aromatic N) is 1. The van der Waals surface area contributed by atoms with Crippen LogP contribution >= 0.6 is 12.6 Å². The SMILES string of the molecule is FC1CCN(C2CCC/C2=C\CS)C1. The summed E-state index contributed by atoms with van der Waals surface area (Å²) in [6.07, 6.45) is 6.02. The van der Waals surface area contributed by atoms with Crippen LogP contribution in [-0.4, -0.2) is 36.0 Å². The zero-order chi connectivity index (χ0) is 9.97. The fourth-order valence-electron chi connectivity index (χ4n) is 2.65. The molecule has 0 aromatic carbocycles. The van der Waals surface area contributed by atoms with Gasteiger partial charge in [-0.15, -0.1) is 0 Å². The molecule has 2 unspecified atom stereocenters. The van der Waals surface area contributed by atoms with Crippen LogP contribution < -0.4 is 0 Å². The Morgan fingerprint density at radius 1 is 1.50 bits per heavy atom. The molecule has 0 aromatic rings. The van der Waals surface area contributed by atoms with Gasteiger partial charge in [-0.05, 0) is 25.7 Å². The van der Waals surface area contributed by atoms with Crippen LogP contribution in [0.25, 0.3) is 0 Å². The van der Waals surface area contributed by atoms with Crippen molar-refractivity contribution in [2.45, 2.75) is 37.9 Å². The highest BCUT2D eigenvalue weighted by Gasteiger charge is 2.32. The number of hydrogen-bond acceptors (Lipinski definition) is 2. The van der Waals surface area contributed by atoms with Crippen LogP contribution in [0.3, 0.4) is 0 Å². The molecule has 0 radical (unpaired) electrons. The van der Waals surface area contributed by atoms with E-state index in [1.54, 1.807) is 0 Å². The second-order valence-electron chi connectivity index (χ2n) is 4.25. The van der Waals surface area contributed by atoms with Crippen molar-refractivity contribution >= 4 is 12.6 Å². The quantitative estimate of drug-likeness (QED) is 0.547. The molecule has 2 aliphatic rings. The molecule has 1 heterocycles. The number of halogens is 1. The maximum Gasteiger partial charge on any atom is 0.114 e. The number of alkyl halides is 1. The molecule has 0 spiro atoms. The van der Waals surface area contributed by atoms with Gasteiger partial charge in [0, 0.05) is 24.9 Å². The van der Waals surface area contributed by atoms with Crippen molar-refractivity contribution in [3.8, 4) is 0 Å². The molecule has 1 aliphatic heterocycles. The summed E-state index contributed by atoms with van der Waals surface area (Å²) in [6.45, 7) is 1.59. The molecule has 0 amide bonds. The molecule has 1 saturated carbocycles. The fraction of sp³-hybridized carbons (Fsp3) is 0.818. The van der Waals surface area contributed by atoms with Gasteiger partial charge >= 0.3 is 0 Å². The number of thiol groups is 1. The van der Waals surface area contributed by atoms with Crippen molar-refractivity contribution in [2.75, 3.05) is 18.8 Å². The van der Waals surface area contributed by atoms with Crippen molar-refractivity contribution in [3.63, 3.8) is 0 Å². The lowest BCUT2D eigenvalue weighted by molar-refractivity contribution is 0.247. The monoisotopic (exact) mass is 215 g/mol. The maximum atomic E-state index is 13.1. The van der Waals surface area contributed by atoms with E-state index in [1.165, 1.54) is 24.8 Å². The van der Waals surface area contributed by atoms with Gasteiger partial charge < -0.3 is 0 Å². The van der Waals surface area contributed by atoms with Crippen LogP contribution in [0.2, 0.25) is 0 Å². The highest BCUT2D eigenvalue weighted by Crippen LogP contribution is 2.31. The third-order valence-corrected chi connectivity index (χ3v) is 3.51. The Balaban J connectivity index is 1.99. The Morgan fingerprint density at radius 2 is 2.36 bits per heavy atom. The van der Waals surface area contributed by atoms with E-state index < -0.39 is 6.17 Å². The fourth-order valence-corrected chi connectivity index (χ4v) is 2.88. The summed E-state index contributed by atoms with van der Waals surface area (Å²) >= 11 is 4.23. The summed E-state index contributed by atoms with van der Waals surface area (Å²) in [5.74, 6) is 0.818. The first-order valence-corrected chi connectivity index (χ1v) is 6.12. The zero-order valence-corrected chi connectivity index (χ0v) is 9.35. The Morgan fingerprint density at radius 3 is 3.00 bits per heavy atom. The van der Waals surface area contributed by atoms with Crippen molar-refractivity contribution in [1.29, 1.82) is 0 Å². The third-order valence-electron chi connectivity index (χ3n) is 3.33. The molecular weight excluding hydrogens is 197 g/mol. The normalized spacial score (nSPS) is 37.1. The highest BCUT2D eigenvalue weighted by atomic mass is 32.1. The molecule has 2 fully saturated rings. The lowest BCUT2D eigenvalue weighted by atomic mass is 10.1. The van der Waals surface area contributed by atoms with Gasteiger partial charge in [0.25, 0.3) is 0 Å². The predicted molar refractivity (Wildman–Crippen MR) is 60.7 cm³/mol. The van der Waals surface area contributed by atoms with Crippen LogP contribution in [-0.2, 0) is 0 Å². The molecule has 80 valence electrons. The minimum absolute atomic E-state index is 0.530. The summed E-state index contributed by atoms with van der Waals surface area (Å²) < 4.78 is 13.1.